The number of benzene rings is 1. The molecule has 0 bridgehead atoms. The topological polar surface area (TPSA) is 66.5 Å². The Hall–Kier alpha value is -1.40. The van der Waals surface area contributed by atoms with Gasteiger partial charge in [0.05, 0.1) is 6.26 Å². The first kappa shape index (κ1) is 16.7. The fourth-order valence-electron chi connectivity index (χ4n) is 1.73. The minimum Gasteiger partial charge on any atom is -0.356 e. The standard InChI is InChI=1S/C14H22N2O3S/c1-3-10-15-14(17)9-11-16(20(2,18)19)12-13-7-5-4-6-8-13/h4-8H,3,9-12H2,1-2H3,(H,15,17). The van der Waals surface area contributed by atoms with Crippen molar-refractivity contribution in [2.24, 2.45) is 0 Å². The van der Waals surface area contributed by atoms with E-state index in [0.717, 1.165) is 12.0 Å². The lowest BCUT2D eigenvalue weighted by Crippen LogP contribution is -2.34. The van der Waals surface area contributed by atoms with Crippen LogP contribution in [0.4, 0.5) is 0 Å². The fourth-order valence-corrected chi connectivity index (χ4v) is 2.53. The Morgan fingerprint density at radius 3 is 2.45 bits per heavy atom. The van der Waals surface area contributed by atoms with Gasteiger partial charge in [-0.05, 0) is 12.0 Å². The minimum atomic E-state index is -3.33. The summed E-state index contributed by atoms with van der Waals surface area (Å²) in [5.41, 5.74) is 0.909. The zero-order valence-corrected chi connectivity index (χ0v) is 12.8. The third kappa shape index (κ3) is 6.16. The second-order valence-electron chi connectivity index (χ2n) is 4.68. The van der Waals surface area contributed by atoms with E-state index in [-0.39, 0.29) is 18.9 Å². The number of sulfonamides is 1. The van der Waals surface area contributed by atoms with Gasteiger partial charge in [-0.2, -0.15) is 4.31 Å². The first-order chi connectivity index (χ1) is 9.43. The number of carbonyl (C=O) groups excluding carboxylic acids is 1. The highest BCUT2D eigenvalue weighted by Crippen LogP contribution is 2.08. The van der Waals surface area contributed by atoms with Gasteiger partial charge >= 0.3 is 0 Å². The van der Waals surface area contributed by atoms with E-state index >= 15 is 0 Å². The summed E-state index contributed by atoms with van der Waals surface area (Å²) in [6, 6.07) is 9.35. The van der Waals surface area contributed by atoms with Crippen molar-refractivity contribution in [1.29, 1.82) is 0 Å². The Bertz CT molecular complexity index is 514. The van der Waals surface area contributed by atoms with E-state index in [9.17, 15) is 13.2 Å². The number of nitrogens with zero attached hydrogens (tertiary/aromatic N) is 1. The Labute approximate surface area is 121 Å². The van der Waals surface area contributed by atoms with Crippen LogP contribution in [-0.4, -0.2) is 38.0 Å². The molecule has 112 valence electrons. The molecule has 0 aromatic heterocycles. The van der Waals surface area contributed by atoms with Crippen LogP contribution < -0.4 is 5.32 Å². The highest BCUT2D eigenvalue weighted by Gasteiger charge is 2.18. The molecule has 1 amide bonds. The van der Waals surface area contributed by atoms with Crippen LogP contribution in [0.3, 0.4) is 0 Å². The molecule has 0 saturated heterocycles. The molecule has 0 heterocycles. The number of hydrogen-bond donors (Lipinski definition) is 1. The van der Waals surface area contributed by atoms with Crippen LogP contribution in [0.5, 0.6) is 0 Å². The largest absolute Gasteiger partial charge is 0.356 e. The predicted octanol–water partition coefficient (Wildman–Crippen LogP) is 1.36. The Morgan fingerprint density at radius 1 is 1.25 bits per heavy atom. The molecule has 0 radical (unpaired) electrons. The summed E-state index contributed by atoms with van der Waals surface area (Å²) < 4.78 is 24.8. The maximum atomic E-state index is 11.8. The van der Waals surface area contributed by atoms with E-state index in [4.69, 9.17) is 0 Å². The van der Waals surface area contributed by atoms with Gasteiger partial charge in [-0.1, -0.05) is 37.3 Å². The van der Waals surface area contributed by atoms with Crippen LogP contribution in [0.2, 0.25) is 0 Å². The maximum absolute atomic E-state index is 11.8. The Morgan fingerprint density at radius 2 is 1.90 bits per heavy atom. The quantitative estimate of drug-likeness (QED) is 0.788. The van der Waals surface area contributed by atoms with Gasteiger partial charge in [0.25, 0.3) is 0 Å². The highest BCUT2D eigenvalue weighted by atomic mass is 32.2. The van der Waals surface area contributed by atoms with Crippen molar-refractivity contribution in [3.63, 3.8) is 0 Å². The van der Waals surface area contributed by atoms with Crippen LogP contribution in [0.1, 0.15) is 25.3 Å². The molecule has 0 unspecified atom stereocenters. The molecule has 1 N–H and O–H groups in total. The molecular weight excluding hydrogens is 276 g/mol. The summed E-state index contributed by atoms with van der Waals surface area (Å²) in [5, 5.41) is 2.74. The van der Waals surface area contributed by atoms with Crippen LogP contribution in [0.25, 0.3) is 0 Å². The molecule has 1 aromatic carbocycles. The fraction of sp³-hybridized carbons (Fsp3) is 0.500. The highest BCUT2D eigenvalue weighted by molar-refractivity contribution is 7.88. The van der Waals surface area contributed by atoms with Gasteiger partial charge < -0.3 is 5.32 Å². The van der Waals surface area contributed by atoms with E-state index in [1.54, 1.807) is 0 Å². The summed E-state index contributed by atoms with van der Waals surface area (Å²) in [5.74, 6) is -0.117. The van der Waals surface area contributed by atoms with Crippen molar-refractivity contribution in [2.75, 3.05) is 19.3 Å². The predicted molar refractivity (Wildman–Crippen MR) is 79.6 cm³/mol. The van der Waals surface area contributed by atoms with Crippen molar-refractivity contribution < 1.29 is 13.2 Å². The van der Waals surface area contributed by atoms with Gasteiger partial charge in [0, 0.05) is 26.1 Å². The second-order valence-corrected chi connectivity index (χ2v) is 6.66. The zero-order chi connectivity index (χ0) is 15.0. The monoisotopic (exact) mass is 298 g/mol. The normalized spacial score (nSPS) is 11.6. The molecule has 0 saturated carbocycles. The SMILES string of the molecule is CCCNC(=O)CCN(Cc1ccccc1)S(C)(=O)=O. The van der Waals surface area contributed by atoms with Crippen LogP contribution in [0, 0.1) is 0 Å². The van der Waals surface area contributed by atoms with Gasteiger partial charge in [0.1, 0.15) is 0 Å². The molecule has 0 spiro atoms. The van der Waals surface area contributed by atoms with E-state index in [2.05, 4.69) is 5.32 Å². The Kier molecular flexibility index (Phi) is 6.67. The van der Waals surface area contributed by atoms with Gasteiger partial charge in [-0.15, -0.1) is 0 Å². The van der Waals surface area contributed by atoms with Gasteiger partial charge in [0.15, 0.2) is 0 Å². The lowest BCUT2D eigenvalue weighted by Gasteiger charge is -2.19. The van der Waals surface area contributed by atoms with Gasteiger partial charge in [0.2, 0.25) is 15.9 Å². The molecule has 0 aliphatic carbocycles. The zero-order valence-electron chi connectivity index (χ0n) is 12.0. The molecule has 5 nitrogen and oxygen atoms in total. The summed E-state index contributed by atoms with van der Waals surface area (Å²) in [6.45, 7) is 3.08. The molecule has 6 heteroatoms. The number of nitrogens with one attached hydrogen (secondary N) is 1. The van der Waals surface area contributed by atoms with Crippen LogP contribution in [0.15, 0.2) is 30.3 Å². The molecule has 0 fully saturated rings. The molecule has 20 heavy (non-hydrogen) atoms. The van der Waals surface area contributed by atoms with Crippen molar-refractivity contribution >= 4 is 15.9 Å². The lowest BCUT2D eigenvalue weighted by molar-refractivity contribution is -0.121. The van der Waals surface area contributed by atoms with Gasteiger partial charge in [-0.3, -0.25) is 4.79 Å². The lowest BCUT2D eigenvalue weighted by atomic mass is 10.2. The van der Waals surface area contributed by atoms with Crippen LogP contribution in [-0.2, 0) is 21.4 Å². The smallest absolute Gasteiger partial charge is 0.221 e. The second kappa shape index (κ2) is 8.01. The van der Waals surface area contributed by atoms with Crippen molar-refractivity contribution in [2.45, 2.75) is 26.3 Å². The van der Waals surface area contributed by atoms with Crippen molar-refractivity contribution in [1.82, 2.24) is 9.62 Å². The Balaban J connectivity index is 2.60. The van der Waals surface area contributed by atoms with E-state index < -0.39 is 10.0 Å². The van der Waals surface area contributed by atoms with Crippen molar-refractivity contribution in [3.05, 3.63) is 35.9 Å². The van der Waals surface area contributed by atoms with Gasteiger partial charge in [-0.25, -0.2) is 8.42 Å². The molecule has 0 aliphatic rings. The average molecular weight is 298 g/mol. The summed E-state index contributed by atoms with van der Waals surface area (Å²) in [4.78, 5) is 11.6. The molecule has 1 rings (SSSR count). The number of hydrogen-bond acceptors (Lipinski definition) is 3. The summed E-state index contributed by atoms with van der Waals surface area (Å²) >= 11 is 0. The average Bonchev–Trinajstić information content (AvgIpc) is 2.41. The third-order valence-electron chi connectivity index (χ3n) is 2.83. The van der Waals surface area contributed by atoms with Crippen molar-refractivity contribution in [3.8, 4) is 0 Å². The molecule has 0 atom stereocenters. The third-order valence-corrected chi connectivity index (χ3v) is 4.08. The first-order valence-electron chi connectivity index (χ1n) is 6.69. The molecule has 0 aliphatic heterocycles. The molecular formula is C14H22N2O3S. The van der Waals surface area contributed by atoms with E-state index in [1.807, 2.05) is 37.3 Å². The maximum Gasteiger partial charge on any atom is 0.221 e. The van der Waals surface area contributed by atoms with E-state index in [1.165, 1.54) is 10.6 Å². The number of carbonyl (C=O) groups is 1. The first-order valence-corrected chi connectivity index (χ1v) is 8.54. The summed E-state index contributed by atoms with van der Waals surface area (Å²) in [6.07, 6.45) is 2.21. The molecule has 1 aromatic rings. The number of rotatable bonds is 8. The minimum absolute atomic E-state index is 0.117. The van der Waals surface area contributed by atoms with E-state index in [0.29, 0.717) is 13.1 Å². The summed E-state index contributed by atoms with van der Waals surface area (Å²) in [7, 11) is -3.33. The number of amides is 1. The van der Waals surface area contributed by atoms with Crippen LogP contribution >= 0.6 is 0 Å².